The molecule has 1 aliphatic rings. The van der Waals surface area contributed by atoms with Crippen molar-refractivity contribution >= 4 is 11.8 Å². The normalized spacial score (nSPS) is 32.6. The Morgan fingerprint density at radius 2 is 2.00 bits per heavy atom. The van der Waals surface area contributed by atoms with Crippen molar-refractivity contribution in [3.63, 3.8) is 0 Å². The number of allylic oxidation sites excluding steroid dienone is 1. The van der Waals surface area contributed by atoms with Gasteiger partial charge < -0.3 is 9.84 Å². The van der Waals surface area contributed by atoms with Crippen LogP contribution in [0.2, 0.25) is 0 Å². The number of hydrogen-bond acceptors (Lipinski definition) is 4. The van der Waals surface area contributed by atoms with Gasteiger partial charge in [-0.1, -0.05) is 39.8 Å². The number of aliphatic hydroxyl groups excluding tert-OH is 1. The van der Waals surface area contributed by atoms with Gasteiger partial charge in [0.25, 0.3) is 0 Å². The number of rotatable bonds is 4. The molecule has 0 spiro atoms. The zero-order valence-electron chi connectivity index (χ0n) is 16.4. The van der Waals surface area contributed by atoms with Gasteiger partial charge in [-0.15, -0.1) is 0 Å². The molecule has 142 valence electrons. The zero-order valence-corrected chi connectivity index (χ0v) is 16.4. The fourth-order valence-corrected chi connectivity index (χ4v) is 3.42. The van der Waals surface area contributed by atoms with Crippen LogP contribution in [0.1, 0.15) is 66.7 Å². The predicted octanol–water partition coefficient (Wildman–Crippen LogP) is 4.22. The van der Waals surface area contributed by atoms with Gasteiger partial charge in [0.15, 0.2) is 0 Å². The van der Waals surface area contributed by atoms with Crippen LogP contribution >= 0.6 is 0 Å². The van der Waals surface area contributed by atoms with Crippen LogP contribution in [0, 0.1) is 17.8 Å². The second-order valence-electron chi connectivity index (χ2n) is 7.76. The average Bonchev–Trinajstić information content (AvgIpc) is 2.52. The molecule has 1 aliphatic heterocycles. The van der Waals surface area contributed by atoms with E-state index in [-0.39, 0.29) is 36.1 Å². The Kier molecular flexibility index (Phi) is 8.57. The molecule has 1 N–H and O–H groups in total. The van der Waals surface area contributed by atoms with Gasteiger partial charge in [0, 0.05) is 18.4 Å². The number of esters is 1. The van der Waals surface area contributed by atoms with Gasteiger partial charge >= 0.3 is 5.97 Å². The summed E-state index contributed by atoms with van der Waals surface area (Å²) in [7, 11) is 0. The molecule has 4 heteroatoms. The minimum absolute atomic E-state index is 0.0466. The molecule has 5 atom stereocenters. The lowest BCUT2D eigenvalue weighted by Crippen LogP contribution is -2.27. The SMILES string of the molecule is C=C(CC)[C@H](C)C[C@H]1C[C@@H](C)C[C@@H](C)C(=O)C[C@@H](O)/C(C)=C/C(=O)O1. The van der Waals surface area contributed by atoms with Crippen molar-refractivity contribution in [3.8, 4) is 0 Å². The van der Waals surface area contributed by atoms with Gasteiger partial charge in [0.2, 0.25) is 0 Å². The lowest BCUT2D eigenvalue weighted by molar-refractivity contribution is -0.145. The molecule has 0 aliphatic carbocycles. The molecule has 0 saturated heterocycles. The first-order valence-electron chi connectivity index (χ1n) is 9.41. The molecule has 1 heterocycles. The number of carbonyl (C=O) groups is 2. The average molecular weight is 350 g/mol. The van der Waals surface area contributed by atoms with E-state index in [9.17, 15) is 14.7 Å². The van der Waals surface area contributed by atoms with Gasteiger partial charge in [-0.25, -0.2) is 4.79 Å². The van der Waals surface area contributed by atoms with Gasteiger partial charge in [0.05, 0.1) is 6.10 Å². The molecule has 0 radical (unpaired) electrons. The van der Waals surface area contributed by atoms with Crippen molar-refractivity contribution in [2.45, 2.75) is 78.9 Å². The number of cyclic esters (lactones) is 1. The minimum atomic E-state index is -0.922. The van der Waals surface area contributed by atoms with Crippen LogP contribution in [0.3, 0.4) is 0 Å². The Morgan fingerprint density at radius 3 is 2.60 bits per heavy atom. The van der Waals surface area contributed by atoms with E-state index in [2.05, 4.69) is 27.4 Å². The number of aliphatic hydroxyl groups is 1. The molecule has 0 saturated carbocycles. The maximum Gasteiger partial charge on any atom is 0.331 e. The molecule has 1 rings (SSSR count). The third-order valence-corrected chi connectivity index (χ3v) is 5.29. The molecule has 0 bridgehead atoms. The van der Waals surface area contributed by atoms with E-state index in [4.69, 9.17) is 4.74 Å². The quantitative estimate of drug-likeness (QED) is 0.609. The van der Waals surface area contributed by atoms with Crippen molar-refractivity contribution in [2.75, 3.05) is 0 Å². The summed E-state index contributed by atoms with van der Waals surface area (Å²) in [6.45, 7) is 13.9. The smallest absolute Gasteiger partial charge is 0.331 e. The first-order valence-corrected chi connectivity index (χ1v) is 9.41. The fraction of sp³-hybridized carbons (Fsp3) is 0.714. The van der Waals surface area contributed by atoms with Gasteiger partial charge in [-0.3, -0.25) is 4.79 Å². The van der Waals surface area contributed by atoms with Crippen LogP contribution in [0.4, 0.5) is 0 Å². The topological polar surface area (TPSA) is 63.6 Å². The van der Waals surface area contributed by atoms with Crippen LogP contribution in [0.15, 0.2) is 23.8 Å². The number of carbonyl (C=O) groups excluding carboxylic acids is 2. The Morgan fingerprint density at radius 1 is 1.36 bits per heavy atom. The summed E-state index contributed by atoms with van der Waals surface area (Å²) in [5.74, 6) is 0.0452. The summed E-state index contributed by atoms with van der Waals surface area (Å²) in [5, 5.41) is 10.1. The first kappa shape index (κ1) is 21.6. The second-order valence-corrected chi connectivity index (χ2v) is 7.76. The number of ketones is 1. The number of Topliss-reactive ketones (excluding diaryl/α,β-unsaturated/α-hetero) is 1. The molecular formula is C21H34O4. The van der Waals surface area contributed by atoms with Crippen LogP contribution in [-0.4, -0.2) is 29.1 Å². The Labute approximate surface area is 152 Å². The lowest BCUT2D eigenvalue weighted by atomic mass is 9.85. The van der Waals surface area contributed by atoms with Crippen molar-refractivity contribution < 1.29 is 19.4 Å². The van der Waals surface area contributed by atoms with E-state index in [0.29, 0.717) is 5.57 Å². The Bertz CT molecular complexity index is 520. The highest BCUT2D eigenvalue weighted by molar-refractivity contribution is 5.84. The van der Waals surface area contributed by atoms with E-state index in [1.54, 1.807) is 6.92 Å². The second kappa shape index (κ2) is 9.91. The Balaban J connectivity index is 2.98. The minimum Gasteiger partial charge on any atom is -0.459 e. The largest absolute Gasteiger partial charge is 0.459 e. The van der Waals surface area contributed by atoms with Crippen molar-refractivity contribution in [3.05, 3.63) is 23.8 Å². The molecule has 0 aromatic heterocycles. The Hall–Kier alpha value is -1.42. The highest BCUT2D eigenvalue weighted by Crippen LogP contribution is 2.27. The van der Waals surface area contributed by atoms with Crippen molar-refractivity contribution in [2.24, 2.45) is 17.8 Å². The maximum atomic E-state index is 12.3. The monoisotopic (exact) mass is 350 g/mol. The summed E-state index contributed by atoms with van der Waals surface area (Å²) in [6.07, 6.45) is 3.38. The summed E-state index contributed by atoms with van der Waals surface area (Å²) >= 11 is 0. The predicted molar refractivity (Wildman–Crippen MR) is 100 cm³/mol. The van der Waals surface area contributed by atoms with E-state index >= 15 is 0 Å². The van der Waals surface area contributed by atoms with Gasteiger partial charge in [0.1, 0.15) is 11.9 Å². The maximum absolute atomic E-state index is 12.3. The molecule has 4 nitrogen and oxygen atoms in total. The van der Waals surface area contributed by atoms with E-state index in [0.717, 1.165) is 31.3 Å². The van der Waals surface area contributed by atoms with Crippen LogP contribution in [0.25, 0.3) is 0 Å². The van der Waals surface area contributed by atoms with Crippen molar-refractivity contribution in [1.82, 2.24) is 0 Å². The third-order valence-electron chi connectivity index (χ3n) is 5.29. The van der Waals surface area contributed by atoms with Crippen LogP contribution in [-0.2, 0) is 14.3 Å². The van der Waals surface area contributed by atoms with E-state index in [1.165, 1.54) is 6.08 Å². The summed E-state index contributed by atoms with van der Waals surface area (Å²) in [6, 6.07) is 0. The van der Waals surface area contributed by atoms with Crippen molar-refractivity contribution in [1.29, 1.82) is 0 Å². The van der Waals surface area contributed by atoms with E-state index < -0.39 is 12.1 Å². The highest BCUT2D eigenvalue weighted by Gasteiger charge is 2.26. The summed E-state index contributed by atoms with van der Waals surface area (Å²) in [5.41, 5.74) is 1.63. The van der Waals surface area contributed by atoms with Crippen LogP contribution < -0.4 is 0 Å². The molecule has 0 aromatic carbocycles. The van der Waals surface area contributed by atoms with Crippen LogP contribution in [0.5, 0.6) is 0 Å². The molecule has 25 heavy (non-hydrogen) atoms. The summed E-state index contributed by atoms with van der Waals surface area (Å²) in [4.78, 5) is 24.5. The number of ether oxygens (including phenoxy) is 1. The molecule has 0 amide bonds. The standard InChI is InChI=1S/C21H34O4/c1-7-14(3)15(4)10-18-9-13(2)8-16(5)19(22)12-20(23)17(6)11-21(24)25-18/h11,13,15-16,18,20,23H,3,7-10,12H2,1-2,4-6H3/b17-11+/t13-,15+,16+,18+,20+/m0/s1. The fourth-order valence-electron chi connectivity index (χ4n) is 3.42. The number of hydrogen-bond donors (Lipinski definition) is 1. The molecule has 0 unspecified atom stereocenters. The molecule has 0 fully saturated rings. The molecule has 0 aromatic rings. The summed E-state index contributed by atoms with van der Waals surface area (Å²) < 4.78 is 5.69. The third kappa shape index (κ3) is 7.15. The first-order chi connectivity index (χ1) is 11.6. The van der Waals surface area contributed by atoms with E-state index in [1.807, 2.05) is 6.92 Å². The van der Waals surface area contributed by atoms with Gasteiger partial charge in [-0.2, -0.15) is 0 Å². The lowest BCUT2D eigenvalue weighted by Gasteiger charge is -2.27. The highest BCUT2D eigenvalue weighted by atomic mass is 16.5. The van der Waals surface area contributed by atoms with Gasteiger partial charge in [-0.05, 0) is 50.0 Å². The molecular weight excluding hydrogens is 316 g/mol. The zero-order chi connectivity index (χ0) is 19.1.